The van der Waals surface area contributed by atoms with Gasteiger partial charge in [0.25, 0.3) is 0 Å². The molecule has 140 valence electrons. The third-order valence-corrected chi connectivity index (χ3v) is 4.71. The SMILES string of the molecule is CCN(CC)CCOc1ccc(C(=O)CCCCc2ccccc2)cc1. The third-order valence-electron chi connectivity index (χ3n) is 4.71. The molecule has 2 rings (SSSR count). The minimum atomic E-state index is 0.216. The summed E-state index contributed by atoms with van der Waals surface area (Å²) in [6.07, 6.45) is 3.61. The van der Waals surface area contributed by atoms with E-state index >= 15 is 0 Å². The average molecular weight is 354 g/mol. The number of benzene rings is 2. The highest BCUT2D eigenvalue weighted by molar-refractivity contribution is 5.96. The number of carbonyl (C=O) groups excluding carboxylic acids is 1. The number of likely N-dealkylation sites (N-methyl/N-ethyl adjacent to an activating group) is 1. The summed E-state index contributed by atoms with van der Waals surface area (Å²) in [5.74, 6) is 1.05. The molecule has 0 atom stereocenters. The number of Topliss-reactive ketones (excluding diaryl/α,β-unsaturated/α-hetero) is 1. The normalized spacial score (nSPS) is 10.9. The van der Waals surface area contributed by atoms with E-state index in [0.717, 1.165) is 50.2 Å². The maximum Gasteiger partial charge on any atom is 0.162 e. The molecule has 2 aromatic carbocycles. The zero-order valence-corrected chi connectivity index (χ0v) is 16.1. The maximum atomic E-state index is 12.3. The van der Waals surface area contributed by atoms with Crippen LogP contribution in [0.2, 0.25) is 0 Å². The van der Waals surface area contributed by atoms with E-state index in [1.54, 1.807) is 0 Å². The van der Waals surface area contributed by atoms with Crippen molar-refractivity contribution in [1.29, 1.82) is 0 Å². The molecule has 0 aliphatic carbocycles. The van der Waals surface area contributed by atoms with Crippen LogP contribution in [-0.4, -0.2) is 36.9 Å². The molecule has 2 aromatic rings. The van der Waals surface area contributed by atoms with Crippen LogP contribution in [0.3, 0.4) is 0 Å². The predicted molar refractivity (Wildman–Crippen MR) is 108 cm³/mol. The highest BCUT2D eigenvalue weighted by atomic mass is 16.5. The number of nitrogens with zero attached hydrogens (tertiary/aromatic N) is 1. The van der Waals surface area contributed by atoms with Crippen molar-refractivity contribution in [2.24, 2.45) is 0 Å². The second-order valence-electron chi connectivity index (χ2n) is 6.52. The van der Waals surface area contributed by atoms with E-state index < -0.39 is 0 Å². The first-order chi connectivity index (χ1) is 12.7. The van der Waals surface area contributed by atoms with E-state index in [2.05, 4.69) is 43.0 Å². The van der Waals surface area contributed by atoms with Gasteiger partial charge < -0.3 is 9.64 Å². The van der Waals surface area contributed by atoms with Crippen molar-refractivity contribution in [2.45, 2.75) is 39.5 Å². The van der Waals surface area contributed by atoms with Crippen LogP contribution in [-0.2, 0) is 6.42 Å². The molecule has 0 heterocycles. The molecule has 0 fully saturated rings. The standard InChI is InChI=1S/C23H31NO2/c1-3-24(4-2)18-19-26-22-16-14-21(15-17-22)23(25)13-9-8-12-20-10-6-5-7-11-20/h5-7,10-11,14-17H,3-4,8-9,12-13,18-19H2,1-2H3. The zero-order chi connectivity index (χ0) is 18.6. The number of hydrogen-bond donors (Lipinski definition) is 0. The van der Waals surface area contributed by atoms with Crippen LogP contribution in [0.1, 0.15) is 49.0 Å². The van der Waals surface area contributed by atoms with Gasteiger partial charge in [0.2, 0.25) is 0 Å². The first-order valence-corrected chi connectivity index (χ1v) is 9.75. The molecule has 3 heteroatoms. The average Bonchev–Trinajstić information content (AvgIpc) is 2.70. The van der Waals surface area contributed by atoms with Crippen LogP contribution in [0.15, 0.2) is 54.6 Å². The summed E-state index contributed by atoms with van der Waals surface area (Å²) in [4.78, 5) is 14.6. The molecule has 0 aliphatic rings. The van der Waals surface area contributed by atoms with Crippen LogP contribution >= 0.6 is 0 Å². The number of rotatable bonds is 12. The van der Waals surface area contributed by atoms with E-state index in [4.69, 9.17) is 4.74 Å². The summed E-state index contributed by atoms with van der Waals surface area (Å²) in [7, 11) is 0. The predicted octanol–water partition coefficient (Wildman–Crippen LogP) is 5.00. The lowest BCUT2D eigenvalue weighted by Crippen LogP contribution is -2.27. The van der Waals surface area contributed by atoms with E-state index in [0.29, 0.717) is 13.0 Å². The van der Waals surface area contributed by atoms with Gasteiger partial charge in [-0.15, -0.1) is 0 Å². The molecular weight excluding hydrogens is 322 g/mol. The van der Waals surface area contributed by atoms with Crippen LogP contribution in [0.4, 0.5) is 0 Å². The number of ketones is 1. The molecule has 0 N–H and O–H groups in total. The molecule has 3 nitrogen and oxygen atoms in total. The Morgan fingerprint density at radius 2 is 1.62 bits per heavy atom. The highest BCUT2D eigenvalue weighted by Gasteiger charge is 2.06. The molecule has 0 saturated carbocycles. The van der Waals surface area contributed by atoms with E-state index in [-0.39, 0.29) is 5.78 Å². The Hall–Kier alpha value is -2.13. The molecule has 0 aromatic heterocycles. The molecule has 0 unspecified atom stereocenters. The second-order valence-corrected chi connectivity index (χ2v) is 6.52. The summed E-state index contributed by atoms with van der Waals surface area (Å²) in [5, 5.41) is 0. The first-order valence-electron chi connectivity index (χ1n) is 9.75. The van der Waals surface area contributed by atoms with Gasteiger partial charge in [-0.05, 0) is 62.2 Å². The van der Waals surface area contributed by atoms with Gasteiger partial charge in [-0.25, -0.2) is 0 Å². The van der Waals surface area contributed by atoms with Gasteiger partial charge in [0.05, 0.1) is 0 Å². The minimum absolute atomic E-state index is 0.216. The number of carbonyl (C=O) groups is 1. The molecule has 0 saturated heterocycles. The lowest BCUT2D eigenvalue weighted by Gasteiger charge is -2.18. The number of aryl methyl sites for hydroxylation is 1. The third kappa shape index (κ3) is 7.01. The minimum Gasteiger partial charge on any atom is -0.492 e. The number of hydrogen-bond acceptors (Lipinski definition) is 3. The number of ether oxygens (including phenoxy) is 1. The van der Waals surface area contributed by atoms with Gasteiger partial charge in [-0.2, -0.15) is 0 Å². The summed E-state index contributed by atoms with van der Waals surface area (Å²) in [5.41, 5.74) is 2.12. The second kappa shape index (κ2) is 11.5. The van der Waals surface area contributed by atoms with Crippen molar-refractivity contribution >= 4 is 5.78 Å². The lowest BCUT2D eigenvalue weighted by molar-refractivity contribution is 0.0979. The van der Waals surface area contributed by atoms with Crippen LogP contribution in [0.25, 0.3) is 0 Å². The Kier molecular flexibility index (Phi) is 8.91. The number of unbranched alkanes of at least 4 members (excludes halogenated alkanes) is 1. The van der Waals surface area contributed by atoms with Crippen molar-refractivity contribution in [2.75, 3.05) is 26.2 Å². The monoisotopic (exact) mass is 353 g/mol. The van der Waals surface area contributed by atoms with Gasteiger partial charge >= 0.3 is 0 Å². The lowest BCUT2D eigenvalue weighted by atomic mass is 10.0. The quantitative estimate of drug-likeness (QED) is 0.397. The largest absolute Gasteiger partial charge is 0.492 e. The van der Waals surface area contributed by atoms with E-state index in [9.17, 15) is 4.79 Å². The molecule has 26 heavy (non-hydrogen) atoms. The van der Waals surface area contributed by atoms with Crippen LogP contribution in [0.5, 0.6) is 5.75 Å². The Balaban J connectivity index is 1.69. The Morgan fingerprint density at radius 3 is 2.27 bits per heavy atom. The summed E-state index contributed by atoms with van der Waals surface area (Å²) in [6.45, 7) is 7.99. The van der Waals surface area contributed by atoms with Crippen LogP contribution < -0.4 is 4.74 Å². The van der Waals surface area contributed by atoms with Gasteiger partial charge in [0.15, 0.2) is 5.78 Å². The fourth-order valence-corrected chi connectivity index (χ4v) is 2.97. The van der Waals surface area contributed by atoms with Crippen molar-refractivity contribution in [1.82, 2.24) is 4.90 Å². The topological polar surface area (TPSA) is 29.5 Å². The first kappa shape index (κ1) is 20.2. The Labute approximate surface area is 158 Å². The Bertz CT molecular complexity index is 633. The molecular formula is C23H31NO2. The van der Waals surface area contributed by atoms with E-state index in [1.165, 1.54) is 5.56 Å². The summed E-state index contributed by atoms with van der Waals surface area (Å²) in [6, 6.07) is 18.0. The zero-order valence-electron chi connectivity index (χ0n) is 16.1. The van der Waals surface area contributed by atoms with Crippen LogP contribution in [0, 0.1) is 0 Å². The van der Waals surface area contributed by atoms with Crippen molar-refractivity contribution < 1.29 is 9.53 Å². The molecule has 0 aliphatic heterocycles. The van der Waals surface area contributed by atoms with Gasteiger partial charge in [0, 0.05) is 18.5 Å². The van der Waals surface area contributed by atoms with Crippen molar-refractivity contribution in [3.8, 4) is 5.75 Å². The maximum absolute atomic E-state index is 12.3. The smallest absolute Gasteiger partial charge is 0.162 e. The molecule has 0 spiro atoms. The fraction of sp³-hybridized carbons (Fsp3) is 0.435. The van der Waals surface area contributed by atoms with Gasteiger partial charge in [-0.3, -0.25) is 4.79 Å². The Morgan fingerprint density at radius 1 is 0.923 bits per heavy atom. The summed E-state index contributed by atoms with van der Waals surface area (Å²) >= 11 is 0. The molecule has 0 bridgehead atoms. The molecule has 0 radical (unpaired) electrons. The molecule has 0 amide bonds. The summed E-state index contributed by atoms with van der Waals surface area (Å²) < 4.78 is 5.77. The fourth-order valence-electron chi connectivity index (χ4n) is 2.97. The highest BCUT2D eigenvalue weighted by Crippen LogP contribution is 2.15. The van der Waals surface area contributed by atoms with E-state index in [1.807, 2.05) is 30.3 Å². The van der Waals surface area contributed by atoms with Crippen molar-refractivity contribution in [3.05, 3.63) is 65.7 Å². The van der Waals surface area contributed by atoms with Gasteiger partial charge in [-0.1, -0.05) is 44.2 Å². The van der Waals surface area contributed by atoms with Crippen molar-refractivity contribution in [3.63, 3.8) is 0 Å². The van der Waals surface area contributed by atoms with Gasteiger partial charge in [0.1, 0.15) is 12.4 Å².